The maximum Gasteiger partial charge on any atom is 0.138 e. The molecule has 0 bridgehead atoms. The van der Waals surface area contributed by atoms with Crippen molar-refractivity contribution in [1.82, 2.24) is 0 Å². The third-order valence-corrected chi connectivity index (χ3v) is 13.2. The zero-order chi connectivity index (χ0) is 18.9. The Labute approximate surface area is 166 Å². The summed E-state index contributed by atoms with van der Waals surface area (Å²) in [5.74, 6) is 0. The lowest BCUT2D eigenvalue weighted by Crippen LogP contribution is -2.24. The van der Waals surface area contributed by atoms with E-state index in [0.29, 0.717) is 0 Å². The SMILES string of the molecule is c1ccc(P2(c3ccccc3)=NP(c3ccccc3)(c3ccccc3)=N2)cc1. The number of benzene rings is 4. The Morgan fingerprint density at radius 1 is 0.321 bits per heavy atom. The molecule has 0 spiro atoms. The predicted octanol–water partition coefficient (Wildman–Crippen LogP) is 5.53. The van der Waals surface area contributed by atoms with Crippen LogP contribution in [0.15, 0.2) is 130 Å². The van der Waals surface area contributed by atoms with Crippen molar-refractivity contribution >= 4 is 35.6 Å². The summed E-state index contributed by atoms with van der Waals surface area (Å²) in [6.07, 6.45) is 0. The second-order valence-corrected chi connectivity index (χ2v) is 12.6. The van der Waals surface area contributed by atoms with Crippen LogP contribution < -0.4 is 21.2 Å². The topological polar surface area (TPSA) is 24.7 Å². The van der Waals surface area contributed by atoms with Gasteiger partial charge in [-0.3, -0.25) is 0 Å². The summed E-state index contributed by atoms with van der Waals surface area (Å²) < 4.78 is 11.2. The van der Waals surface area contributed by atoms with Crippen LogP contribution >= 0.6 is 14.4 Å². The molecule has 0 radical (unpaired) electrons. The average Bonchev–Trinajstić information content (AvgIpc) is 2.76. The molecular formula is C24H20N2P2. The van der Waals surface area contributed by atoms with Crippen LogP contribution in [0.4, 0.5) is 0 Å². The molecule has 0 saturated heterocycles. The molecule has 4 heteroatoms. The van der Waals surface area contributed by atoms with Gasteiger partial charge in [-0.1, -0.05) is 121 Å². The molecule has 0 unspecified atom stereocenters. The molecule has 136 valence electrons. The fraction of sp³-hybridized carbons (Fsp3) is 0. The molecule has 1 aliphatic heterocycles. The Balaban J connectivity index is 1.80. The minimum Gasteiger partial charge on any atom is -0.223 e. The van der Waals surface area contributed by atoms with Crippen LogP contribution in [0.3, 0.4) is 0 Å². The van der Waals surface area contributed by atoms with Gasteiger partial charge < -0.3 is 0 Å². The van der Waals surface area contributed by atoms with Crippen molar-refractivity contribution in [2.45, 2.75) is 0 Å². The molecule has 28 heavy (non-hydrogen) atoms. The summed E-state index contributed by atoms with van der Waals surface area (Å²) in [6.45, 7) is 0. The van der Waals surface area contributed by atoms with E-state index in [2.05, 4.69) is 121 Å². The zero-order valence-electron chi connectivity index (χ0n) is 15.3. The third-order valence-electron chi connectivity index (χ3n) is 4.98. The van der Waals surface area contributed by atoms with Crippen molar-refractivity contribution in [3.05, 3.63) is 121 Å². The monoisotopic (exact) mass is 398 g/mol. The molecule has 2 nitrogen and oxygen atoms in total. The van der Waals surface area contributed by atoms with Gasteiger partial charge in [0.25, 0.3) is 0 Å². The second kappa shape index (κ2) is 7.06. The summed E-state index contributed by atoms with van der Waals surface area (Å²) in [7, 11) is -4.25. The second-order valence-electron chi connectivity index (χ2n) is 6.72. The molecule has 0 fully saturated rings. The molecule has 0 N–H and O–H groups in total. The van der Waals surface area contributed by atoms with E-state index >= 15 is 0 Å². The highest BCUT2D eigenvalue weighted by molar-refractivity contribution is 8.00. The normalized spacial score (nSPS) is 16.3. The molecule has 4 aromatic carbocycles. The number of nitrogens with zero attached hydrogens (tertiary/aromatic N) is 2. The van der Waals surface area contributed by atoms with E-state index < -0.39 is 14.4 Å². The first-order valence-corrected chi connectivity index (χ1v) is 12.7. The molecule has 0 saturated carbocycles. The third kappa shape index (κ3) is 2.73. The smallest absolute Gasteiger partial charge is 0.138 e. The van der Waals surface area contributed by atoms with Gasteiger partial charge >= 0.3 is 0 Å². The van der Waals surface area contributed by atoms with Crippen molar-refractivity contribution in [2.24, 2.45) is 9.03 Å². The van der Waals surface area contributed by atoms with Crippen molar-refractivity contribution in [2.75, 3.05) is 0 Å². The van der Waals surface area contributed by atoms with Crippen molar-refractivity contribution in [1.29, 1.82) is 0 Å². The van der Waals surface area contributed by atoms with E-state index in [9.17, 15) is 0 Å². The summed E-state index contributed by atoms with van der Waals surface area (Å²) >= 11 is 0. The molecule has 0 atom stereocenters. The van der Waals surface area contributed by atoms with E-state index in [-0.39, 0.29) is 0 Å². The van der Waals surface area contributed by atoms with Gasteiger partial charge in [-0.15, -0.1) is 0 Å². The first kappa shape index (κ1) is 17.4. The van der Waals surface area contributed by atoms with Crippen LogP contribution in [0.2, 0.25) is 0 Å². The first-order valence-electron chi connectivity index (χ1n) is 9.34. The highest BCUT2D eigenvalue weighted by Crippen LogP contribution is 2.75. The van der Waals surface area contributed by atoms with Crippen LogP contribution in [-0.4, -0.2) is 0 Å². The Morgan fingerprint density at radius 3 is 0.750 bits per heavy atom. The number of hydrogen-bond acceptors (Lipinski definition) is 2. The predicted molar refractivity (Wildman–Crippen MR) is 123 cm³/mol. The Kier molecular flexibility index (Phi) is 4.40. The van der Waals surface area contributed by atoms with Crippen LogP contribution in [0.25, 0.3) is 0 Å². The van der Waals surface area contributed by atoms with E-state index in [1.54, 1.807) is 0 Å². The molecule has 1 heterocycles. The number of rotatable bonds is 4. The quantitative estimate of drug-likeness (QED) is 0.404. The summed E-state index contributed by atoms with van der Waals surface area (Å²) in [4.78, 5) is 0. The van der Waals surface area contributed by atoms with E-state index in [0.717, 1.165) is 0 Å². The van der Waals surface area contributed by atoms with Gasteiger partial charge in [0.05, 0.1) is 0 Å². The molecule has 1 aliphatic rings. The summed E-state index contributed by atoms with van der Waals surface area (Å²) in [6, 6.07) is 42.4. The van der Waals surface area contributed by atoms with Crippen molar-refractivity contribution < 1.29 is 0 Å². The van der Waals surface area contributed by atoms with Crippen molar-refractivity contribution in [3.63, 3.8) is 0 Å². The Morgan fingerprint density at radius 2 is 0.536 bits per heavy atom. The van der Waals surface area contributed by atoms with Crippen LogP contribution in [0, 0.1) is 0 Å². The molecule has 5 rings (SSSR count). The van der Waals surface area contributed by atoms with Gasteiger partial charge in [0.15, 0.2) is 0 Å². The minimum atomic E-state index is -2.13. The molecule has 0 aliphatic carbocycles. The lowest BCUT2D eigenvalue weighted by Gasteiger charge is -2.38. The van der Waals surface area contributed by atoms with E-state index in [1.807, 2.05) is 0 Å². The lowest BCUT2D eigenvalue weighted by molar-refractivity contribution is 1.61. The largest absolute Gasteiger partial charge is 0.223 e. The van der Waals surface area contributed by atoms with Gasteiger partial charge in [-0.25, -0.2) is 9.03 Å². The van der Waals surface area contributed by atoms with Crippen LogP contribution in [0.5, 0.6) is 0 Å². The highest BCUT2D eigenvalue weighted by atomic mass is 31.2. The Hall–Kier alpha value is -2.66. The van der Waals surface area contributed by atoms with Gasteiger partial charge in [-0.05, 0) is 0 Å². The van der Waals surface area contributed by atoms with Crippen LogP contribution in [-0.2, 0) is 0 Å². The highest BCUT2D eigenvalue weighted by Gasteiger charge is 2.41. The van der Waals surface area contributed by atoms with E-state index in [1.165, 1.54) is 21.2 Å². The van der Waals surface area contributed by atoms with Gasteiger partial charge in [0, 0.05) is 21.2 Å². The van der Waals surface area contributed by atoms with E-state index in [4.69, 9.17) is 9.03 Å². The maximum atomic E-state index is 5.62. The molecule has 4 aromatic rings. The van der Waals surface area contributed by atoms with Crippen LogP contribution in [0.1, 0.15) is 0 Å². The van der Waals surface area contributed by atoms with Crippen molar-refractivity contribution in [3.8, 4) is 0 Å². The average molecular weight is 398 g/mol. The Bertz CT molecular complexity index is 1010. The molecule has 0 aromatic heterocycles. The summed E-state index contributed by atoms with van der Waals surface area (Å²) in [5.41, 5.74) is 0. The summed E-state index contributed by atoms with van der Waals surface area (Å²) in [5, 5.41) is 4.90. The fourth-order valence-electron chi connectivity index (χ4n) is 3.63. The zero-order valence-corrected chi connectivity index (χ0v) is 17.1. The van der Waals surface area contributed by atoms with Gasteiger partial charge in [0.2, 0.25) is 0 Å². The first-order chi connectivity index (χ1) is 13.8. The minimum absolute atomic E-state index is 1.23. The van der Waals surface area contributed by atoms with Gasteiger partial charge in [-0.2, -0.15) is 0 Å². The van der Waals surface area contributed by atoms with Gasteiger partial charge in [0.1, 0.15) is 14.4 Å². The standard InChI is InChI=1S/C24H20N2P2/c1-5-13-21(14-6-1)27(22-15-7-2-8-16-22)25-28(26-27,23-17-9-3-10-18-23)24-19-11-4-12-20-24/h1-20H. The lowest BCUT2D eigenvalue weighted by atomic mass is 10.4. The fourth-order valence-corrected chi connectivity index (χ4v) is 12.9. The maximum absolute atomic E-state index is 5.62. The molecular weight excluding hydrogens is 378 g/mol. The molecule has 0 amide bonds. The number of hydrogen-bond donors (Lipinski definition) is 0.